The van der Waals surface area contributed by atoms with E-state index in [0.29, 0.717) is 5.46 Å². The van der Waals surface area contributed by atoms with Crippen molar-refractivity contribution in [1.29, 1.82) is 0 Å². The summed E-state index contributed by atoms with van der Waals surface area (Å²) in [6.45, 7) is 0. The lowest BCUT2D eigenvalue weighted by Gasteiger charge is -2.03. The van der Waals surface area contributed by atoms with Gasteiger partial charge in [-0.3, -0.25) is 0 Å². The zero-order valence-corrected chi connectivity index (χ0v) is 10.1. The molecule has 0 fully saturated rings. The zero-order valence-electron chi connectivity index (χ0n) is 9.28. The molecule has 4 heteroatoms. The monoisotopic (exact) mass is 248 g/mol. The quantitative estimate of drug-likeness (QED) is 0.643. The lowest BCUT2D eigenvalue weighted by Crippen LogP contribution is -2.29. The molecule has 0 radical (unpaired) electrons. The predicted molar refractivity (Wildman–Crippen MR) is 76.5 cm³/mol. The van der Waals surface area contributed by atoms with Gasteiger partial charge in [0, 0.05) is 13.5 Å². The van der Waals surface area contributed by atoms with Crippen molar-refractivity contribution in [3.63, 3.8) is 0 Å². The normalized spacial score (nSPS) is 10.2. The first-order valence-electron chi connectivity index (χ1n) is 5.38. The molecule has 0 heterocycles. The van der Waals surface area contributed by atoms with Gasteiger partial charge in [0.15, 0.2) is 0 Å². The zero-order chi connectivity index (χ0) is 12.1. The first-order valence-corrected chi connectivity index (χ1v) is 6.37. The highest BCUT2D eigenvalue weighted by molar-refractivity contribution is 7.98. The summed E-state index contributed by atoms with van der Waals surface area (Å²) < 4.78 is 0. The van der Waals surface area contributed by atoms with Crippen LogP contribution in [0.15, 0.2) is 59.5 Å². The molecule has 0 aliphatic heterocycles. The highest BCUT2D eigenvalue weighted by Crippen LogP contribution is 2.21. The fraction of sp³-hybridized carbons (Fsp3) is 0.0769. The Kier molecular flexibility index (Phi) is 4.26. The van der Waals surface area contributed by atoms with E-state index in [1.165, 1.54) is 10.5 Å². The molecular formula is C13H17BO2S. The van der Waals surface area contributed by atoms with Crippen LogP contribution >= 0.6 is 11.8 Å². The molecule has 0 unspecified atom stereocenters. The fourth-order valence-corrected chi connectivity index (χ4v) is 2.34. The predicted octanol–water partition coefficient (Wildman–Crippen LogP) is 2.15. The minimum atomic E-state index is -1.38. The molecule has 0 saturated carbocycles. The number of hydrogen-bond donors (Lipinski definition) is 2. The van der Waals surface area contributed by atoms with E-state index in [1.54, 1.807) is 23.9 Å². The van der Waals surface area contributed by atoms with Crippen molar-refractivity contribution >= 4 is 24.3 Å². The number of benzene rings is 2. The highest BCUT2D eigenvalue weighted by atomic mass is 32.2. The average molecular weight is 248 g/mol. The minimum absolute atomic E-state index is 0. The fourth-order valence-electron chi connectivity index (χ4n) is 1.47. The molecular weight excluding hydrogens is 231 g/mol. The Bertz CT molecular complexity index is 466. The van der Waals surface area contributed by atoms with Crippen LogP contribution in [-0.4, -0.2) is 17.2 Å². The van der Waals surface area contributed by atoms with E-state index in [-0.39, 0.29) is 2.85 Å². The first kappa shape index (κ1) is 12.2. The molecule has 0 amide bonds. The van der Waals surface area contributed by atoms with Gasteiger partial charge in [0.05, 0.1) is 0 Å². The van der Waals surface area contributed by atoms with Gasteiger partial charge < -0.3 is 10.0 Å². The second-order valence-electron chi connectivity index (χ2n) is 3.72. The molecule has 90 valence electrons. The first-order chi connectivity index (χ1) is 8.25. The molecule has 0 atom stereocenters. The Hall–Kier alpha value is -1.23. The Balaban J connectivity index is 0.00000162. The lowest BCUT2D eigenvalue weighted by atomic mass is 9.80. The summed E-state index contributed by atoms with van der Waals surface area (Å²) in [4.78, 5) is 1.23. The van der Waals surface area contributed by atoms with Crippen LogP contribution in [0.2, 0.25) is 0 Å². The average Bonchev–Trinajstić information content (AvgIpc) is 2.38. The topological polar surface area (TPSA) is 40.5 Å². The minimum Gasteiger partial charge on any atom is -0.423 e. The summed E-state index contributed by atoms with van der Waals surface area (Å²) in [7, 11) is -1.38. The Labute approximate surface area is 108 Å². The Morgan fingerprint density at radius 3 is 2.18 bits per heavy atom. The molecule has 0 bridgehead atoms. The lowest BCUT2D eigenvalue weighted by molar-refractivity contribution is 0.426. The number of thioether (sulfide) groups is 1. The van der Waals surface area contributed by atoms with Gasteiger partial charge in [0.1, 0.15) is 0 Å². The molecule has 0 aromatic heterocycles. The van der Waals surface area contributed by atoms with Crippen LogP contribution in [0.1, 0.15) is 8.42 Å². The van der Waals surface area contributed by atoms with Gasteiger partial charge in [-0.25, -0.2) is 0 Å². The SMILES string of the molecule is OB(O)c1ccc(CSc2ccccc2)cc1.[HH].[HH]. The smallest absolute Gasteiger partial charge is 0.423 e. The van der Waals surface area contributed by atoms with Crippen LogP contribution in [0.5, 0.6) is 0 Å². The molecule has 2 N–H and O–H groups in total. The molecule has 2 aromatic carbocycles. The van der Waals surface area contributed by atoms with Crippen molar-refractivity contribution in [1.82, 2.24) is 0 Å². The highest BCUT2D eigenvalue weighted by Gasteiger charge is 2.09. The van der Waals surface area contributed by atoms with Crippen LogP contribution in [0.3, 0.4) is 0 Å². The van der Waals surface area contributed by atoms with E-state index in [1.807, 2.05) is 30.3 Å². The van der Waals surface area contributed by atoms with Crippen molar-refractivity contribution in [2.24, 2.45) is 0 Å². The maximum absolute atomic E-state index is 8.97. The Morgan fingerprint density at radius 1 is 0.941 bits per heavy atom. The second-order valence-corrected chi connectivity index (χ2v) is 4.77. The summed E-state index contributed by atoms with van der Waals surface area (Å²) in [6.07, 6.45) is 0. The van der Waals surface area contributed by atoms with Gasteiger partial charge in [-0.15, -0.1) is 11.8 Å². The van der Waals surface area contributed by atoms with E-state index >= 15 is 0 Å². The summed E-state index contributed by atoms with van der Waals surface area (Å²) in [5.41, 5.74) is 1.70. The van der Waals surface area contributed by atoms with E-state index in [2.05, 4.69) is 12.1 Å². The molecule has 0 aliphatic carbocycles. The van der Waals surface area contributed by atoms with Crippen molar-refractivity contribution in [2.45, 2.75) is 10.6 Å². The van der Waals surface area contributed by atoms with Crippen LogP contribution in [0.25, 0.3) is 0 Å². The molecule has 0 aliphatic rings. The summed E-state index contributed by atoms with van der Waals surface area (Å²) in [6, 6.07) is 17.5. The van der Waals surface area contributed by atoms with Gasteiger partial charge in [0.2, 0.25) is 0 Å². The van der Waals surface area contributed by atoms with Gasteiger partial charge in [-0.05, 0) is 23.2 Å². The van der Waals surface area contributed by atoms with E-state index < -0.39 is 7.12 Å². The number of hydrogen-bond acceptors (Lipinski definition) is 3. The van der Waals surface area contributed by atoms with E-state index in [4.69, 9.17) is 10.0 Å². The van der Waals surface area contributed by atoms with Crippen molar-refractivity contribution in [3.8, 4) is 0 Å². The van der Waals surface area contributed by atoms with Crippen LogP contribution in [0, 0.1) is 0 Å². The van der Waals surface area contributed by atoms with Crippen molar-refractivity contribution < 1.29 is 12.9 Å². The molecule has 0 saturated heterocycles. The molecule has 2 aromatic rings. The van der Waals surface area contributed by atoms with Gasteiger partial charge >= 0.3 is 7.12 Å². The number of rotatable bonds is 4. The molecule has 2 nitrogen and oxygen atoms in total. The third-order valence-electron chi connectivity index (χ3n) is 2.43. The van der Waals surface area contributed by atoms with Crippen LogP contribution < -0.4 is 5.46 Å². The van der Waals surface area contributed by atoms with Crippen molar-refractivity contribution in [2.75, 3.05) is 0 Å². The third-order valence-corrected chi connectivity index (χ3v) is 3.51. The summed E-state index contributed by atoms with van der Waals surface area (Å²) in [5, 5.41) is 17.9. The van der Waals surface area contributed by atoms with E-state index in [9.17, 15) is 0 Å². The maximum Gasteiger partial charge on any atom is 0.488 e. The maximum atomic E-state index is 8.97. The Morgan fingerprint density at radius 2 is 1.59 bits per heavy atom. The molecule has 2 rings (SSSR count). The summed E-state index contributed by atoms with van der Waals surface area (Å²) >= 11 is 1.76. The van der Waals surface area contributed by atoms with Gasteiger partial charge in [-0.1, -0.05) is 42.5 Å². The summed E-state index contributed by atoms with van der Waals surface area (Å²) in [5.74, 6) is 0.881. The van der Waals surface area contributed by atoms with Crippen molar-refractivity contribution in [3.05, 3.63) is 60.2 Å². The largest absolute Gasteiger partial charge is 0.488 e. The molecule has 17 heavy (non-hydrogen) atoms. The van der Waals surface area contributed by atoms with Crippen LogP contribution in [-0.2, 0) is 5.75 Å². The van der Waals surface area contributed by atoms with Crippen LogP contribution in [0.4, 0.5) is 0 Å². The van der Waals surface area contributed by atoms with E-state index in [0.717, 1.165) is 5.75 Å². The van der Waals surface area contributed by atoms with Gasteiger partial charge in [-0.2, -0.15) is 0 Å². The molecule has 0 spiro atoms. The van der Waals surface area contributed by atoms with Gasteiger partial charge in [0.25, 0.3) is 0 Å². The standard InChI is InChI=1S/C13H13BO2S.2H2/c15-14(16)12-8-6-11(7-9-12)10-17-13-4-2-1-3-5-13;;/h1-9,15-16H,10H2;2*1H. The third kappa shape index (κ3) is 3.63. The second kappa shape index (κ2) is 5.91.